The van der Waals surface area contributed by atoms with Crippen molar-refractivity contribution in [2.45, 2.75) is 26.2 Å². The van der Waals surface area contributed by atoms with E-state index in [1.54, 1.807) is 0 Å². The van der Waals surface area contributed by atoms with Crippen LogP contribution in [0.1, 0.15) is 30.5 Å². The van der Waals surface area contributed by atoms with Gasteiger partial charge in [0, 0.05) is 11.9 Å². The summed E-state index contributed by atoms with van der Waals surface area (Å²) in [5.41, 5.74) is 2.16. The van der Waals surface area contributed by atoms with Gasteiger partial charge in [-0.3, -0.25) is 9.78 Å². The second-order valence-electron chi connectivity index (χ2n) is 3.93. The monoisotopic (exact) mass is 205 g/mol. The smallest absolute Gasteiger partial charge is 0.309 e. The number of aryl methyl sites for hydroxylation is 1. The summed E-state index contributed by atoms with van der Waals surface area (Å²) in [5, 5.41) is 0. The van der Waals surface area contributed by atoms with E-state index in [9.17, 15) is 4.79 Å². The SMILES string of the molecule is CCOC(=O)[C@@H]1C[C@@H]1c1ccc(C)nc1. The predicted octanol–water partition coefficient (Wildman–Crippen LogP) is 2.06. The molecule has 2 atom stereocenters. The van der Waals surface area contributed by atoms with Gasteiger partial charge in [0.1, 0.15) is 0 Å². The topological polar surface area (TPSA) is 39.2 Å². The third kappa shape index (κ3) is 2.17. The van der Waals surface area contributed by atoms with Crippen LogP contribution >= 0.6 is 0 Å². The van der Waals surface area contributed by atoms with E-state index in [1.807, 2.05) is 32.2 Å². The summed E-state index contributed by atoms with van der Waals surface area (Å²) in [6.07, 6.45) is 2.77. The normalized spacial score (nSPS) is 23.6. The first-order valence-electron chi connectivity index (χ1n) is 5.31. The summed E-state index contributed by atoms with van der Waals surface area (Å²) in [5.74, 6) is 0.328. The molecule has 1 aliphatic rings. The number of pyridine rings is 1. The van der Waals surface area contributed by atoms with Crippen LogP contribution in [0.3, 0.4) is 0 Å². The van der Waals surface area contributed by atoms with Crippen LogP contribution in [0.15, 0.2) is 18.3 Å². The van der Waals surface area contributed by atoms with E-state index in [1.165, 1.54) is 0 Å². The van der Waals surface area contributed by atoms with Gasteiger partial charge >= 0.3 is 5.97 Å². The first kappa shape index (κ1) is 10.1. The minimum Gasteiger partial charge on any atom is -0.466 e. The molecule has 0 unspecified atom stereocenters. The van der Waals surface area contributed by atoms with E-state index < -0.39 is 0 Å². The van der Waals surface area contributed by atoms with Crippen LogP contribution in [-0.4, -0.2) is 17.6 Å². The molecule has 0 spiro atoms. The predicted molar refractivity (Wildman–Crippen MR) is 56.5 cm³/mol. The van der Waals surface area contributed by atoms with Crippen molar-refractivity contribution in [3.8, 4) is 0 Å². The molecular formula is C12H15NO2. The van der Waals surface area contributed by atoms with Crippen molar-refractivity contribution in [3.63, 3.8) is 0 Å². The van der Waals surface area contributed by atoms with Crippen molar-refractivity contribution in [1.29, 1.82) is 0 Å². The molecule has 3 nitrogen and oxygen atoms in total. The Morgan fingerprint density at radius 1 is 1.60 bits per heavy atom. The average molecular weight is 205 g/mol. The zero-order valence-corrected chi connectivity index (χ0v) is 9.06. The second-order valence-corrected chi connectivity index (χ2v) is 3.93. The molecule has 0 bridgehead atoms. The van der Waals surface area contributed by atoms with Crippen molar-refractivity contribution >= 4 is 5.97 Å². The van der Waals surface area contributed by atoms with Gasteiger partial charge in [-0.1, -0.05) is 6.07 Å². The van der Waals surface area contributed by atoms with E-state index in [0.717, 1.165) is 17.7 Å². The lowest BCUT2D eigenvalue weighted by Gasteiger charge is -2.01. The Balaban J connectivity index is 1.98. The molecule has 0 N–H and O–H groups in total. The Labute approximate surface area is 89.5 Å². The molecule has 1 fully saturated rings. The fourth-order valence-electron chi connectivity index (χ4n) is 1.77. The number of hydrogen-bond acceptors (Lipinski definition) is 3. The fraction of sp³-hybridized carbons (Fsp3) is 0.500. The van der Waals surface area contributed by atoms with Crippen LogP contribution in [0.2, 0.25) is 0 Å². The molecule has 1 aliphatic carbocycles. The summed E-state index contributed by atoms with van der Waals surface area (Å²) in [6.45, 7) is 4.26. The highest BCUT2D eigenvalue weighted by molar-refractivity contribution is 5.77. The molecule has 0 aromatic carbocycles. The lowest BCUT2D eigenvalue weighted by Crippen LogP contribution is -2.07. The van der Waals surface area contributed by atoms with Crippen LogP contribution in [-0.2, 0) is 9.53 Å². The number of hydrogen-bond donors (Lipinski definition) is 0. The lowest BCUT2D eigenvalue weighted by atomic mass is 10.1. The quantitative estimate of drug-likeness (QED) is 0.709. The number of ether oxygens (including phenoxy) is 1. The van der Waals surface area contributed by atoms with Crippen LogP contribution < -0.4 is 0 Å². The summed E-state index contributed by atoms with van der Waals surface area (Å²) in [6, 6.07) is 4.03. The van der Waals surface area contributed by atoms with Crippen LogP contribution in [0.5, 0.6) is 0 Å². The summed E-state index contributed by atoms with van der Waals surface area (Å²) < 4.78 is 4.98. The van der Waals surface area contributed by atoms with Gasteiger partial charge in [-0.2, -0.15) is 0 Å². The molecule has 0 radical (unpaired) electrons. The Bertz CT molecular complexity index is 358. The summed E-state index contributed by atoms with van der Waals surface area (Å²) in [4.78, 5) is 15.6. The highest BCUT2D eigenvalue weighted by atomic mass is 16.5. The maximum atomic E-state index is 11.4. The zero-order valence-electron chi connectivity index (χ0n) is 9.06. The summed E-state index contributed by atoms with van der Waals surface area (Å²) >= 11 is 0. The molecule has 80 valence electrons. The number of carbonyl (C=O) groups is 1. The number of nitrogens with zero attached hydrogens (tertiary/aromatic N) is 1. The van der Waals surface area contributed by atoms with Gasteiger partial charge in [-0.25, -0.2) is 0 Å². The molecule has 0 saturated heterocycles. The molecule has 1 saturated carbocycles. The number of aromatic nitrogens is 1. The molecule has 3 heteroatoms. The fourth-order valence-corrected chi connectivity index (χ4v) is 1.77. The molecular weight excluding hydrogens is 190 g/mol. The van der Waals surface area contributed by atoms with Crippen molar-refractivity contribution < 1.29 is 9.53 Å². The van der Waals surface area contributed by atoms with E-state index in [-0.39, 0.29) is 11.9 Å². The highest BCUT2D eigenvalue weighted by Crippen LogP contribution is 2.47. The molecule has 15 heavy (non-hydrogen) atoms. The Kier molecular flexibility index (Phi) is 2.71. The van der Waals surface area contributed by atoms with Crippen molar-refractivity contribution in [2.75, 3.05) is 6.61 Å². The Morgan fingerprint density at radius 3 is 3.00 bits per heavy atom. The van der Waals surface area contributed by atoms with Gasteiger partial charge in [-0.05, 0) is 37.8 Å². The van der Waals surface area contributed by atoms with Crippen molar-refractivity contribution in [2.24, 2.45) is 5.92 Å². The molecule has 0 amide bonds. The molecule has 1 aromatic heterocycles. The van der Waals surface area contributed by atoms with E-state index in [4.69, 9.17) is 4.74 Å². The molecule has 2 rings (SSSR count). The van der Waals surface area contributed by atoms with Gasteiger partial charge in [0.15, 0.2) is 0 Å². The maximum absolute atomic E-state index is 11.4. The average Bonchev–Trinajstić information content (AvgIpc) is 2.99. The lowest BCUT2D eigenvalue weighted by molar-refractivity contribution is -0.144. The van der Waals surface area contributed by atoms with E-state index >= 15 is 0 Å². The first-order valence-corrected chi connectivity index (χ1v) is 5.31. The number of esters is 1. The van der Waals surface area contributed by atoms with E-state index in [2.05, 4.69) is 4.98 Å². The van der Waals surface area contributed by atoms with Crippen molar-refractivity contribution in [1.82, 2.24) is 4.98 Å². The number of rotatable bonds is 3. The van der Waals surface area contributed by atoms with Crippen LogP contribution in [0, 0.1) is 12.8 Å². The van der Waals surface area contributed by atoms with Gasteiger partial charge in [0.25, 0.3) is 0 Å². The maximum Gasteiger partial charge on any atom is 0.309 e. The highest BCUT2D eigenvalue weighted by Gasteiger charge is 2.45. The van der Waals surface area contributed by atoms with Gasteiger partial charge in [0.05, 0.1) is 12.5 Å². The van der Waals surface area contributed by atoms with Gasteiger partial charge < -0.3 is 4.74 Å². The standard InChI is InChI=1S/C12H15NO2/c1-3-15-12(14)11-6-10(11)9-5-4-8(2)13-7-9/h4-5,7,10-11H,3,6H2,1-2H3/t10-,11-/m1/s1. The first-order chi connectivity index (χ1) is 7.22. The minimum absolute atomic E-state index is 0.0643. The zero-order chi connectivity index (χ0) is 10.8. The third-order valence-corrected chi connectivity index (χ3v) is 2.74. The van der Waals surface area contributed by atoms with Crippen LogP contribution in [0.4, 0.5) is 0 Å². The molecule has 1 aromatic rings. The molecule has 0 aliphatic heterocycles. The number of carbonyl (C=O) groups excluding carboxylic acids is 1. The Hall–Kier alpha value is -1.38. The van der Waals surface area contributed by atoms with Crippen molar-refractivity contribution in [3.05, 3.63) is 29.6 Å². The summed E-state index contributed by atoms with van der Waals surface area (Å²) in [7, 11) is 0. The minimum atomic E-state index is -0.0666. The second kappa shape index (κ2) is 4.01. The van der Waals surface area contributed by atoms with Gasteiger partial charge in [-0.15, -0.1) is 0 Å². The van der Waals surface area contributed by atoms with Gasteiger partial charge in [0.2, 0.25) is 0 Å². The Morgan fingerprint density at radius 2 is 2.40 bits per heavy atom. The van der Waals surface area contributed by atoms with Crippen LogP contribution in [0.25, 0.3) is 0 Å². The molecule has 1 heterocycles. The van der Waals surface area contributed by atoms with E-state index in [0.29, 0.717) is 12.5 Å². The third-order valence-electron chi connectivity index (χ3n) is 2.74. The largest absolute Gasteiger partial charge is 0.466 e.